The number of carbonyl (C=O) groups excluding carboxylic acids is 2. The summed E-state index contributed by atoms with van der Waals surface area (Å²) in [6.07, 6.45) is 1.50. The van der Waals surface area contributed by atoms with Crippen molar-refractivity contribution in [3.05, 3.63) is 35.9 Å². The molecule has 1 fully saturated rings. The maximum Gasteiger partial charge on any atom is 0.407 e. The Morgan fingerprint density at radius 2 is 1.96 bits per heavy atom. The quantitative estimate of drug-likeness (QED) is 0.721. The Morgan fingerprint density at radius 3 is 2.57 bits per heavy atom. The van der Waals surface area contributed by atoms with Gasteiger partial charge in [0.05, 0.1) is 5.25 Å². The highest BCUT2D eigenvalue weighted by atomic mass is 32.2. The Hall–Kier alpha value is -1.93. The molecule has 156 valence electrons. The molecular weight excluding hydrogens is 378 g/mol. The minimum atomic E-state index is -1.42. The van der Waals surface area contributed by atoms with Gasteiger partial charge in [0.15, 0.2) is 0 Å². The van der Waals surface area contributed by atoms with E-state index in [1.807, 2.05) is 30.3 Å². The molecule has 1 aliphatic rings. The lowest BCUT2D eigenvalue weighted by molar-refractivity contribution is -0.123. The number of alkyl carbamates (subject to hydrolysis) is 1. The molecule has 0 bridgehead atoms. The molecule has 2 rings (SSSR count). The van der Waals surface area contributed by atoms with Crippen molar-refractivity contribution in [2.24, 2.45) is 0 Å². The predicted molar refractivity (Wildman–Crippen MR) is 110 cm³/mol. The predicted octanol–water partition coefficient (Wildman–Crippen LogP) is 2.00. The van der Waals surface area contributed by atoms with Gasteiger partial charge in [-0.25, -0.2) is 13.3 Å². The van der Waals surface area contributed by atoms with Crippen LogP contribution in [-0.4, -0.2) is 57.5 Å². The monoisotopic (exact) mass is 409 g/mol. The molecular formula is C20H31N3O4S. The average molecular weight is 410 g/mol. The molecule has 1 heterocycles. The van der Waals surface area contributed by atoms with Crippen molar-refractivity contribution in [2.45, 2.75) is 56.9 Å². The molecule has 0 aliphatic carbocycles. The van der Waals surface area contributed by atoms with Crippen molar-refractivity contribution in [3.8, 4) is 0 Å². The number of carbonyl (C=O) groups is 2. The van der Waals surface area contributed by atoms with Crippen LogP contribution in [0.5, 0.6) is 0 Å². The average Bonchev–Trinajstić information content (AvgIpc) is 3.13. The van der Waals surface area contributed by atoms with Crippen LogP contribution >= 0.6 is 0 Å². The smallest absolute Gasteiger partial charge is 0.407 e. The minimum Gasteiger partial charge on any atom is -0.444 e. The summed E-state index contributed by atoms with van der Waals surface area (Å²) in [6, 6.07) is 9.33. The first kappa shape index (κ1) is 22.4. The van der Waals surface area contributed by atoms with Gasteiger partial charge in [0.2, 0.25) is 5.91 Å². The molecule has 0 aromatic heterocycles. The van der Waals surface area contributed by atoms with Crippen molar-refractivity contribution in [1.82, 2.24) is 14.9 Å². The van der Waals surface area contributed by atoms with E-state index in [-0.39, 0.29) is 17.7 Å². The van der Waals surface area contributed by atoms with Crippen LogP contribution in [0.15, 0.2) is 30.3 Å². The van der Waals surface area contributed by atoms with E-state index in [1.165, 1.54) is 0 Å². The maximum absolute atomic E-state index is 13.3. The molecule has 8 heteroatoms. The van der Waals surface area contributed by atoms with Crippen molar-refractivity contribution in [1.29, 1.82) is 0 Å². The lowest BCUT2D eigenvalue weighted by atomic mass is 10.1. The summed E-state index contributed by atoms with van der Waals surface area (Å²) in [5.41, 5.74) is 0.430. The highest BCUT2D eigenvalue weighted by molar-refractivity contribution is 7.83. The molecule has 0 radical (unpaired) electrons. The van der Waals surface area contributed by atoms with E-state index in [1.54, 1.807) is 32.1 Å². The Kier molecular flexibility index (Phi) is 8.00. The number of hydrogen-bond donors (Lipinski definition) is 2. The minimum absolute atomic E-state index is 0.121. The number of benzene rings is 1. The Bertz CT molecular complexity index is 690. The first-order chi connectivity index (χ1) is 13.2. The zero-order chi connectivity index (χ0) is 20.7. The number of likely N-dealkylation sites (N-methyl/N-ethyl adjacent to an activating group) is 1. The first-order valence-corrected chi connectivity index (χ1v) is 10.8. The normalized spacial score (nSPS) is 19.6. The van der Waals surface area contributed by atoms with Crippen LogP contribution in [0.25, 0.3) is 0 Å². The second-order valence-corrected chi connectivity index (χ2v) is 9.57. The van der Waals surface area contributed by atoms with E-state index < -0.39 is 28.7 Å². The zero-order valence-corrected chi connectivity index (χ0v) is 17.9. The van der Waals surface area contributed by atoms with Gasteiger partial charge in [-0.05, 0) is 45.6 Å². The molecule has 1 aliphatic heterocycles. The molecule has 1 saturated heterocycles. The van der Waals surface area contributed by atoms with Crippen LogP contribution in [0.1, 0.15) is 39.2 Å². The van der Waals surface area contributed by atoms with E-state index >= 15 is 0 Å². The summed E-state index contributed by atoms with van der Waals surface area (Å²) in [6.45, 7) is 6.19. The molecule has 1 unspecified atom stereocenters. The Labute approximate surface area is 169 Å². The summed E-state index contributed by atoms with van der Waals surface area (Å²) in [5.74, 6) is -0.121. The van der Waals surface area contributed by atoms with Gasteiger partial charge >= 0.3 is 6.09 Å². The number of nitrogens with zero attached hydrogens (tertiary/aromatic N) is 1. The fourth-order valence-electron chi connectivity index (χ4n) is 3.18. The number of amides is 2. The van der Waals surface area contributed by atoms with Gasteiger partial charge < -0.3 is 15.4 Å². The molecule has 7 nitrogen and oxygen atoms in total. The van der Waals surface area contributed by atoms with Crippen molar-refractivity contribution in [3.63, 3.8) is 0 Å². The third-order valence-electron chi connectivity index (χ3n) is 4.45. The Morgan fingerprint density at radius 1 is 1.29 bits per heavy atom. The molecule has 0 saturated carbocycles. The van der Waals surface area contributed by atoms with E-state index in [0.717, 1.165) is 12.0 Å². The van der Waals surface area contributed by atoms with Crippen LogP contribution < -0.4 is 10.6 Å². The van der Waals surface area contributed by atoms with Crippen molar-refractivity contribution < 1.29 is 18.5 Å². The summed E-state index contributed by atoms with van der Waals surface area (Å²) >= 11 is 0. The Balaban J connectivity index is 2.11. The second-order valence-electron chi connectivity index (χ2n) is 7.88. The van der Waals surface area contributed by atoms with E-state index in [9.17, 15) is 13.8 Å². The summed E-state index contributed by atoms with van der Waals surface area (Å²) < 4.78 is 20.4. The molecule has 0 spiro atoms. The van der Waals surface area contributed by atoms with Gasteiger partial charge in [0.25, 0.3) is 0 Å². The largest absolute Gasteiger partial charge is 0.444 e. The molecule has 1 aromatic carbocycles. The van der Waals surface area contributed by atoms with E-state index in [4.69, 9.17) is 4.74 Å². The first-order valence-electron chi connectivity index (χ1n) is 9.61. The topological polar surface area (TPSA) is 87.7 Å². The SMILES string of the molecule is CNC(=O)[C@@H]1CCCN1S(=O)[C@@H](CNC(=O)OC(C)(C)C)Cc1ccccc1. The van der Waals surface area contributed by atoms with Gasteiger partial charge in [-0.2, -0.15) is 0 Å². The van der Waals surface area contributed by atoms with Gasteiger partial charge in [0, 0.05) is 20.1 Å². The van der Waals surface area contributed by atoms with Crippen molar-refractivity contribution in [2.75, 3.05) is 20.1 Å². The highest BCUT2D eigenvalue weighted by Gasteiger charge is 2.37. The van der Waals surface area contributed by atoms with E-state index in [2.05, 4.69) is 10.6 Å². The summed E-state index contributed by atoms with van der Waals surface area (Å²) in [4.78, 5) is 24.2. The van der Waals surface area contributed by atoms with Gasteiger partial charge in [0.1, 0.15) is 22.6 Å². The fourth-order valence-corrected chi connectivity index (χ4v) is 4.88. The third kappa shape index (κ3) is 6.60. The molecule has 3 atom stereocenters. The third-order valence-corrected chi connectivity index (χ3v) is 6.25. The molecule has 2 amide bonds. The fraction of sp³-hybridized carbons (Fsp3) is 0.600. The van der Waals surface area contributed by atoms with Crippen LogP contribution in [0, 0.1) is 0 Å². The van der Waals surface area contributed by atoms with Crippen LogP contribution in [0.2, 0.25) is 0 Å². The number of ether oxygens (including phenoxy) is 1. The summed E-state index contributed by atoms with van der Waals surface area (Å²) in [7, 11) is 0.167. The van der Waals surface area contributed by atoms with E-state index in [0.29, 0.717) is 19.4 Å². The van der Waals surface area contributed by atoms with Crippen LogP contribution in [0.3, 0.4) is 0 Å². The van der Waals surface area contributed by atoms with Gasteiger partial charge in [-0.1, -0.05) is 30.3 Å². The molecule has 1 aromatic rings. The lowest BCUT2D eigenvalue weighted by Crippen LogP contribution is -2.48. The second kappa shape index (κ2) is 10.0. The van der Waals surface area contributed by atoms with Crippen molar-refractivity contribution >= 4 is 23.0 Å². The number of nitrogens with one attached hydrogen (secondary N) is 2. The maximum atomic E-state index is 13.3. The van der Waals surface area contributed by atoms with Gasteiger partial charge in [-0.15, -0.1) is 0 Å². The number of hydrogen-bond acceptors (Lipinski definition) is 4. The summed E-state index contributed by atoms with van der Waals surface area (Å²) in [5, 5.41) is 5.03. The number of rotatable bonds is 7. The molecule has 28 heavy (non-hydrogen) atoms. The zero-order valence-electron chi connectivity index (χ0n) is 17.1. The standard InChI is InChI=1S/C20H31N3O4S/c1-20(2,3)27-19(25)22-14-16(13-15-9-6-5-7-10-15)28(26)23-12-8-11-17(23)18(24)21-4/h5-7,9-10,16-17H,8,11-14H2,1-4H3,(H,21,24)(H,22,25)/t16-,17+,28?/m1/s1. The van der Waals surface area contributed by atoms with Crippen LogP contribution in [-0.2, 0) is 26.9 Å². The van der Waals surface area contributed by atoms with Crippen LogP contribution in [0.4, 0.5) is 4.79 Å². The lowest BCUT2D eigenvalue weighted by Gasteiger charge is -2.28. The van der Waals surface area contributed by atoms with Gasteiger partial charge in [-0.3, -0.25) is 4.79 Å². The molecule has 2 N–H and O–H groups in total. The highest BCUT2D eigenvalue weighted by Crippen LogP contribution is 2.23.